The lowest BCUT2D eigenvalue weighted by atomic mass is 10.2. The third kappa shape index (κ3) is 6.53. The Labute approximate surface area is 195 Å². The van der Waals surface area contributed by atoms with Crippen molar-refractivity contribution in [1.29, 1.82) is 0 Å². The third-order valence-corrected chi connectivity index (χ3v) is 8.16. The van der Waals surface area contributed by atoms with Crippen LogP contribution in [0.4, 0.5) is 0 Å². The number of sulfonamides is 1. The first-order valence-electron chi connectivity index (χ1n) is 9.84. The van der Waals surface area contributed by atoms with Gasteiger partial charge in [0.25, 0.3) is 5.91 Å². The minimum absolute atomic E-state index is 0.108. The molecule has 0 spiro atoms. The predicted octanol–water partition coefficient (Wildman–Crippen LogP) is 3.39. The molecule has 0 aromatic heterocycles. The maximum atomic E-state index is 13.1. The second kappa shape index (κ2) is 11.4. The molecule has 2 aromatic rings. The number of rotatable bonds is 9. The zero-order valence-electron chi connectivity index (χ0n) is 17.2. The van der Waals surface area contributed by atoms with E-state index in [0.717, 1.165) is 9.37 Å². The first-order valence-corrected chi connectivity index (χ1v) is 12.9. The van der Waals surface area contributed by atoms with E-state index in [-0.39, 0.29) is 10.8 Å². The lowest BCUT2D eigenvalue weighted by Crippen LogP contribution is -2.40. The predicted molar refractivity (Wildman–Crippen MR) is 123 cm³/mol. The van der Waals surface area contributed by atoms with Crippen molar-refractivity contribution in [3.63, 3.8) is 0 Å². The highest BCUT2D eigenvalue weighted by molar-refractivity contribution is 9.10. The van der Waals surface area contributed by atoms with Crippen LogP contribution in [0.2, 0.25) is 0 Å². The summed E-state index contributed by atoms with van der Waals surface area (Å²) in [5.74, 6) is -0.310. The SMILES string of the molecule is COCCCNC(=O)c1cc(S(=O)(=O)N2CCOCC2)ccc1Sc1ccc(Br)cc1. The van der Waals surface area contributed by atoms with Crippen molar-refractivity contribution in [2.45, 2.75) is 21.1 Å². The molecule has 1 N–H and O–H groups in total. The molecular weight excluding hydrogens is 504 g/mol. The molecule has 0 saturated carbocycles. The van der Waals surface area contributed by atoms with Gasteiger partial charge in [0.1, 0.15) is 0 Å². The molecule has 3 rings (SSSR count). The first kappa shape index (κ1) is 24.2. The summed E-state index contributed by atoms with van der Waals surface area (Å²) in [6.07, 6.45) is 0.670. The summed E-state index contributed by atoms with van der Waals surface area (Å²) in [6.45, 7) is 2.31. The summed E-state index contributed by atoms with van der Waals surface area (Å²) in [6, 6.07) is 12.4. The molecule has 1 amide bonds. The zero-order valence-corrected chi connectivity index (χ0v) is 20.4. The van der Waals surface area contributed by atoms with E-state index in [1.165, 1.54) is 22.1 Å². The summed E-state index contributed by atoms with van der Waals surface area (Å²) in [5, 5.41) is 2.86. The van der Waals surface area contributed by atoms with Crippen molar-refractivity contribution < 1.29 is 22.7 Å². The fourth-order valence-corrected chi connectivity index (χ4v) is 5.64. The van der Waals surface area contributed by atoms with Gasteiger partial charge in [-0.25, -0.2) is 8.42 Å². The fraction of sp³-hybridized carbons (Fsp3) is 0.381. The lowest BCUT2D eigenvalue weighted by Gasteiger charge is -2.26. The highest BCUT2D eigenvalue weighted by atomic mass is 79.9. The smallest absolute Gasteiger partial charge is 0.252 e. The van der Waals surface area contributed by atoms with Crippen LogP contribution in [0.3, 0.4) is 0 Å². The first-order chi connectivity index (χ1) is 14.9. The number of nitrogens with one attached hydrogen (secondary N) is 1. The highest BCUT2D eigenvalue weighted by Gasteiger charge is 2.28. The number of hydrogen-bond acceptors (Lipinski definition) is 6. The van der Waals surface area contributed by atoms with E-state index in [9.17, 15) is 13.2 Å². The Morgan fingerprint density at radius 3 is 2.58 bits per heavy atom. The Morgan fingerprint density at radius 2 is 1.90 bits per heavy atom. The number of morpholine rings is 1. The Morgan fingerprint density at radius 1 is 1.19 bits per heavy atom. The quantitative estimate of drug-likeness (QED) is 0.502. The van der Waals surface area contributed by atoms with Crippen LogP contribution in [-0.2, 0) is 19.5 Å². The van der Waals surface area contributed by atoms with Crippen LogP contribution in [0.25, 0.3) is 0 Å². The number of hydrogen-bond donors (Lipinski definition) is 1. The van der Waals surface area contributed by atoms with Crippen LogP contribution in [0.15, 0.2) is 61.6 Å². The van der Waals surface area contributed by atoms with Gasteiger partial charge in [-0.3, -0.25) is 4.79 Å². The molecule has 10 heteroatoms. The van der Waals surface area contributed by atoms with Gasteiger partial charge in [-0.2, -0.15) is 4.31 Å². The molecule has 1 aliphatic heterocycles. The second-order valence-corrected chi connectivity index (χ2v) is 10.8. The Bertz CT molecular complexity index is 993. The number of halogens is 1. The summed E-state index contributed by atoms with van der Waals surface area (Å²) < 4.78 is 38.8. The van der Waals surface area contributed by atoms with E-state index in [1.54, 1.807) is 19.2 Å². The largest absolute Gasteiger partial charge is 0.385 e. The Balaban J connectivity index is 1.90. The van der Waals surface area contributed by atoms with E-state index < -0.39 is 10.0 Å². The van der Waals surface area contributed by atoms with Gasteiger partial charge < -0.3 is 14.8 Å². The minimum atomic E-state index is -3.70. The maximum absolute atomic E-state index is 13.1. The van der Waals surface area contributed by atoms with Crippen LogP contribution >= 0.6 is 27.7 Å². The van der Waals surface area contributed by atoms with E-state index in [0.29, 0.717) is 56.3 Å². The number of carbonyl (C=O) groups excluding carboxylic acids is 1. The highest BCUT2D eigenvalue weighted by Crippen LogP contribution is 2.33. The molecule has 0 bridgehead atoms. The summed E-state index contributed by atoms with van der Waals surface area (Å²) in [4.78, 5) is 14.7. The van der Waals surface area contributed by atoms with E-state index >= 15 is 0 Å². The summed E-state index contributed by atoms with van der Waals surface area (Å²) in [7, 11) is -2.10. The average Bonchev–Trinajstić information content (AvgIpc) is 2.79. The number of benzene rings is 2. The molecule has 0 aliphatic carbocycles. The summed E-state index contributed by atoms with van der Waals surface area (Å²) in [5.41, 5.74) is 0.333. The lowest BCUT2D eigenvalue weighted by molar-refractivity contribution is 0.0730. The Hall–Kier alpha value is -1.43. The van der Waals surface area contributed by atoms with Crippen molar-refractivity contribution in [1.82, 2.24) is 9.62 Å². The Kier molecular flexibility index (Phi) is 8.94. The van der Waals surface area contributed by atoms with E-state index in [4.69, 9.17) is 9.47 Å². The molecule has 1 aliphatic rings. The average molecular weight is 529 g/mol. The number of carbonyl (C=O) groups is 1. The minimum Gasteiger partial charge on any atom is -0.385 e. The standard InChI is InChI=1S/C21H25BrN2O5S2/c1-28-12-2-9-23-21(25)19-15-18(31(26,27)24-10-13-29-14-11-24)7-8-20(19)30-17-5-3-16(22)4-6-17/h3-8,15H,2,9-14H2,1H3,(H,23,25). The molecule has 0 atom stereocenters. The molecular formula is C21H25BrN2O5S2. The normalized spacial score (nSPS) is 15.0. The second-order valence-electron chi connectivity index (χ2n) is 6.83. The molecule has 168 valence electrons. The van der Waals surface area contributed by atoms with Crippen LogP contribution in [0.1, 0.15) is 16.8 Å². The zero-order chi connectivity index (χ0) is 22.3. The van der Waals surface area contributed by atoms with Gasteiger partial charge in [-0.1, -0.05) is 27.7 Å². The molecule has 1 heterocycles. The summed E-state index contributed by atoms with van der Waals surface area (Å²) >= 11 is 4.83. The van der Waals surface area contributed by atoms with Crippen molar-refractivity contribution >= 4 is 43.6 Å². The number of methoxy groups -OCH3 is 1. The van der Waals surface area contributed by atoms with Gasteiger partial charge >= 0.3 is 0 Å². The number of nitrogens with zero attached hydrogens (tertiary/aromatic N) is 1. The third-order valence-electron chi connectivity index (χ3n) is 4.66. The molecule has 2 aromatic carbocycles. The topological polar surface area (TPSA) is 84.9 Å². The van der Waals surface area contributed by atoms with Crippen molar-refractivity contribution in [3.8, 4) is 0 Å². The molecule has 1 fully saturated rings. The molecule has 7 nitrogen and oxygen atoms in total. The molecule has 31 heavy (non-hydrogen) atoms. The fourth-order valence-electron chi connectivity index (χ4n) is 3.02. The van der Waals surface area contributed by atoms with Gasteiger partial charge in [0, 0.05) is 47.6 Å². The van der Waals surface area contributed by atoms with E-state index in [2.05, 4.69) is 21.2 Å². The van der Waals surface area contributed by atoms with Crippen molar-refractivity contribution in [2.24, 2.45) is 0 Å². The maximum Gasteiger partial charge on any atom is 0.252 e. The molecule has 1 saturated heterocycles. The van der Waals surface area contributed by atoms with Crippen LogP contribution in [0.5, 0.6) is 0 Å². The van der Waals surface area contributed by atoms with Gasteiger partial charge in [0.2, 0.25) is 10.0 Å². The number of ether oxygens (including phenoxy) is 2. The van der Waals surface area contributed by atoms with E-state index in [1.807, 2.05) is 24.3 Å². The van der Waals surface area contributed by atoms with Crippen LogP contribution in [0, 0.1) is 0 Å². The number of amides is 1. The van der Waals surface area contributed by atoms with Crippen molar-refractivity contribution in [2.75, 3.05) is 46.6 Å². The monoisotopic (exact) mass is 528 g/mol. The van der Waals surface area contributed by atoms with Crippen LogP contribution < -0.4 is 5.32 Å². The van der Waals surface area contributed by atoms with Crippen molar-refractivity contribution in [3.05, 3.63) is 52.5 Å². The van der Waals surface area contributed by atoms with Crippen LogP contribution in [-0.4, -0.2) is 65.2 Å². The molecule has 0 unspecified atom stereocenters. The van der Waals surface area contributed by atoms with Gasteiger partial charge in [-0.05, 0) is 48.9 Å². The van der Waals surface area contributed by atoms with Gasteiger partial charge in [0.05, 0.1) is 23.7 Å². The van der Waals surface area contributed by atoms with Gasteiger partial charge in [-0.15, -0.1) is 0 Å². The van der Waals surface area contributed by atoms with Gasteiger partial charge in [0.15, 0.2) is 0 Å². The molecule has 0 radical (unpaired) electrons.